The summed E-state index contributed by atoms with van der Waals surface area (Å²) < 4.78 is 0. The quantitative estimate of drug-likeness (QED) is 0.818. The predicted octanol–water partition coefficient (Wildman–Crippen LogP) is 2.30. The molecule has 2 N–H and O–H groups in total. The number of thioether (sulfide) groups is 1. The second-order valence-corrected chi connectivity index (χ2v) is 6.49. The zero-order chi connectivity index (χ0) is 13.8. The van der Waals surface area contributed by atoms with Crippen LogP contribution in [-0.4, -0.2) is 28.8 Å². The molecule has 6 heteroatoms. The monoisotopic (exact) mass is 297 g/mol. The average Bonchev–Trinajstić information content (AvgIpc) is 2.81. The summed E-state index contributed by atoms with van der Waals surface area (Å²) >= 11 is 3.33. The highest BCUT2D eigenvalue weighted by atomic mass is 32.2. The zero-order valence-electron chi connectivity index (χ0n) is 10.3. The summed E-state index contributed by atoms with van der Waals surface area (Å²) in [6, 6.07) is 0.979. The number of aliphatic carboxylic acids is 1. The highest BCUT2D eigenvalue weighted by Crippen LogP contribution is 2.31. The van der Waals surface area contributed by atoms with E-state index >= 15 is 0 Å². The van der Waals surface area contributed by atoms with Crippen molar-refractivity contribution in [2.45, 2.75) is 24.6 Å². The molecule has 19 heavy (non-hydrogen) atoms. The van der Waals surface area contributed by atoms with E-state index in [1.165, 1.54) is 27.9 Å². The van der Waals surface area contributed by atoms with Crippen LogP contribution in [0.4, 0.5) is 0 Å². The van der Waals surface area contributed by atoms with Crippen LogP contribution >= 0.6 is 23.1 Å². The van der Waals surface area contributed by atoms with Gasteiger partial charge in [-0.2, -0.15) is 11.8 Å². The van der Waals surface area contributed by atoms with Crippen molar-refractivity contribution >= 4 is 35.0 Å². The molecule has 4 nitrogen and oxygen atoms in total. The van der Waals surface area contributed by atoms with Gasteiger partial charge in [0.05, 0.1) is 4.88 Å². The third kappa shape index (κ3) is 3.39. The van der Waals surface area contributed by atoms with Gasteiger partial charge >= 0.3 is 5.97 Å². The largest absolute Gasteiger partial charge is 0.480 e. The number of nitrogens with one attached hydrogen (secondary N) is 1. The number of carbonyl (C=O) groups is 2. The summed E-state index contributed by atoms with van der Waals surface area (Å²) in [6.07, 6.45) is 2.71. The number of carboxylic acid groups (broad SMARTS) is 1. The van der Waals surface area contributed by atoms with Crippen molar-refractivity contribution in [3.05, 3.63) is 34.0 Å². The first-order valence-corrected chi connectivity index (χ1v) is 7.93. The molecule has 0 radical (unpaired) electrons. The molecule has 1 amide bonds. The first kappa shape index (κ1) is 14.1. The Balaban J connectivity index is 2.08. The smallest absolute Gasteiger partial charge is 0.326 e. The Morgan fingerprint density at radius 2 is 2.37 bits per heavy atom. The number of aryl methyl sites for hydroxylation is 1. The van der Waals surface area contributed by atoms with E-state index in [0.717, 1.165) is 17.9 Å². The molecule has 1 atom stereocenters. The van der Waals surface area contributed by atoms with Crippen LogP contribution in [0, 0.1) is 0 Å². The lowest BCUT2D eigenvalue weighted by atomic mass is 10.2. The fourth-order valence-electron chi connectivity index (χ4n) is 1.88. The molecule has 0 fully saturated rings. The molecule has 0 aromatic carbocycles. The molecule has 2 rings (SSSR count). The molecule has 1 aliphatic rings. The molecular formula is C13H15NO3S2. The molecule has 0 spiro atoms. The number of carboxylic acids is 1. The summed E-state index contributed by atoms with van der Waals surface area (Å²) in [6.45, 7) is 3.50. The van der Waals surface area contributed by atoms with E-state index in [1.807, 2.05) is 17.8 Å². The topological polar surface area (TPSA) is 66.4 Å². The lowest BCUT2D eigenvalue weighted by Gasteiger charge is -2.11. The van der Waals surface area contributed by atoms with Crippen LogP contribution in [0.2, 0.25) is 0 Å². The number of rotatable bonds is 5. The molecule has 1 aliphatic heterocycles. The van der Waals surface area contributed by atoms with Crippen LogP contribution in [0.15, 0.2) is 18.7 Å². The third-order valence-electron chi connectivity index (χ3n) is 2.86. The molecule has 0 aliphatic carbocycles. The summed E-state index contributed by atoms with van der Waals surface area (Å²) in [5.41, 5.74) is 1.21. The molecule has 1 aromatic heterocycles. The van der Waals surface area contributed by atoms with Gasteiger partial charge in [-0.15, -0.1) is 17.9 Å². The number of fused-ring (bicyclic) bond motifs is 1. The maximum Gasteiger partial charge on any atom is 0.326 e. The van der Waals surface area contributed by atoms with Crippen LogP contribution in [0.25, 0.3) is 0 Å². The third-order valence-corrected chi connectivity index (χ3v) is 5.10. The number of thiophene rings is 1. The normalized spacial score (nSPS) is 15.4. The Labute approximate surface area is 119 Å². The first-order valence-electron chi connectivity index (χ1n) is 5.95. The lowest BCUT2D eigenvalue weighted by molar-refractivity contribution is -0.139. The molecule has 0 bridgehead atoms. The van der Waals surface area contributed by atoms with Crippen LogP contribution in [0.3, 0.4) is 0 Å². The Morgan fingerprint density at radius 1 is 1.58 bits per heavy atom. The zero-order valence-corrected chi connectivity index (χ0v) is 12.0. The number of hydrogen-bond donors (Lipinski definition) is 2. The second-order valence-electron chi connectivity index (χ2n) is 4.25. The van der Waals surface area contributed by atoms with Gasteiger partial charge in [-0.3, -0.25) is 4.79 Å². The van der Waals surface area contributed by atoms with Crippen molar-refractivity contribution < 1.29 is 14.7 Å². The maximum absolute atomic E-state index is 12.0. The SMILES string of the molecule is C=CCC(NC(=O)c1cc2c(s1)CCSC2)C(=O)O. The minimum absolute atomic E-state index is 0.224. The van der Waals surface area contributed by atoms with Gasteiger partial charge < -0.3 is 10.4 Å². The summed E-state index contributed by atoms with van der Waals surface area (Å²) in [5, 5.41) is 11.5. The van der Waals surface area contributed by atoms with E-state index < -0.39 is 12.0 Å². The Hall–Kier alpha value is -1.27. The van der Waals surface area contributed by atoms with Gasteiger partial charge in [-0.25, -0.2) is 4.79 Å². The highest BCUT2D eigenvalue weighted by Gasteiger charge is 2.22. The lowest BCUT2D eigenvalue weighted by Crippen LogP contribution is -2.40. The van der Waals surface area contributed by atoms with Gasteiger partial charge in [-0.1, -0.05) is 6.08 Å². The maximum atomic E-state index is 12.0. The van der Waals surface area contributed by atoms with Gasteiger partial charge in [-0.05, 0) is 30.2 Å². The predicted molar refractivity (Wildman–Crippen MR) is 77.9 cm³/mol. The molecule has 102 valence electrons. The van der Waals surface area contributed by atoms with E-state index in [0.29, 0.717) is 4.88 Å². The van der Waals surface area contributed by atoms with Crippen molar-refractivity contribution in [2.75, 3.05) is 5.75 Å². The number of hydrogen-bond acceptors (Lipinski definition) is 4. The molecule has 1 aromatic rings. The van der Waals surface area contributed by atoms with Gasteiger partial charge in [0, 0.05) is 10.6 Å². The molecule has 0 saturated carbocycles. The van der Waals surface area contributed by atoms with Crippen molar-refractivity contribution in [3.8, 4) is 0 Å². The summed E-state index contributed by atoms with van der Waals surface area (Å²) in [7, 11) is 0. The van der Waals surface area contributed by atoms with Crippen LogP contribution in [0.5, 0.6) is 0 Å². The van der Waals surface area contributed by atoms with Crippen LogP contribution < -0.4 is 5.32 Å². The van der Waals surface area contributed by atoms with E-state index in [2.05, 4.69) is 11.9 Å². The van der Waals surface area contributed by atoms with Crippen molar-refractivity contribution in [1.29, 1.82) is 0 Å². The van der Waals surface area contributed by atoms with E-state index in [4.69, 9.17) is 5.11 Å². The van der Waals surface area contributed by atoms with Gasteiger partial charge in [0.15, 0.2) is 0 Å². The standard InChI is InChI=1S/C13H15NO3S2/c1-2-3-9(13(16)17)14-12(15)11-6-8-7-18-5-4-10(8)19-11/h2,6,9H,1,3-5,7H2,(H,14,15)(H,16,17). The summed E-state index contributed by atoms with van der Waals surface area (Å²) in [5.74, 6) is 0.681. The fraction of sp³-hybridized carbons (Fsp3) is 0.385. The van der Waals surface area contributed by atoms with Crippen molar-refractivity contribution in [2.24, 2.45) is 0 Å². The van der Waals surface area contributed by atoms with Gasteiger partial charge in [0.1, 0.15) is 6.04 Å². The first-order chi connectivity index (χ1) is 9.11. The van der Waals surface area contributed by atoms with Crippen molar-refractivity contribution in [1.82, 2.24) is 5.32 Å². The molecular weight excluding hydrogens is 282 g/mol. The second kappa shape index (κ2) is 6.25. The Bertz CT molecular complexity index is 486. The van der Waals surface area contributed by atoms with Gasteiger partial charge in [0.2, 0.25) is 0 Å². The van der Waals surface area contributed by atoms with E-state index in [-0.39, 0.29) is 12.3 Å². The molecule has 1 unspecified atom stereocenters. The fourth-order valence-corrected chi connectivity index (χ4v) is 4.15. The number of carbonyl (C=O) groups excluding carboxylic acids is 1. The Morgan fingerprint density at radius 3 is 3.00 bits per heavy atom. The van der Waals surface area contributed by atoms with Crippen LogP contribution in [0.1, 0.15) is 26.5 Å². The van der Waals surface area contributed by atoms with Crippen molar-refractivity contribution in [3.63, 3.8) is 0 Å². The minimum atomic E-state index is -1.04. The number of amides is 1. The average molecular weight is 297 g/mol. The molecule has 0 saturated heterocycles. The van der Waals surface area contributed by atoms with E-state index in [1.54, 1.807) is 0 Å². The molecule has 2 heterocycles. The van der Waals surface area contributed by atoms with Crippen LogP contribution in [-0.2, 0) is 17.0 Å². The summed E-state index contributed by atoms with van der Waals surface area (Å²) in [4.78, 5) is 24.9. The minimum Gasteiger partial charge on any atom is -0.480 e. The van der Waals surface area contributed by atoms with Gasteiger partial charge in [0.25, 0.3) is 5.91 Å². The van der Waals surface area contributed by atoms with E-state index in [9.17, 15) is 9.59 Å². The highest BCUT2D eigenvalue weighted by molar-refractivity contribution is 7.98. The Kier molecular flexibility index (Phi) is 4.66.